The number of carbonyl (C=O) groups excluding carboxylic acids is 1. The van der Waals surface area contributed by atoms with Crippen molar-refractivity contribution in [3.8, 4) is 0 Å². The summed E-state index contributed by atoms with van der Waals surface area (Å²) in [5.74, 6) is 5.22. The number of nitrogens with two attached hydrogens (primary N) is 2. The fourth-order valence-electron chi connectivity index (χ4n) is 0.642. The van der Waals surface area contributed by atoms with E-state index >= 15 is 0 Å². The monoisotopic (exact) mass is 161 g/mol. The molecule has 1 unspecified atom stereocenters. The van der Waals surface area contributed by atoms with Crippen LogP contribution in [0.2, 0.25) is 0 Å². The summed E-state index contributed by atoms with van der Waals surface area (Å²) in [6.45, 7) is 4.24. The van der Waals surface area contributed by atoms with Gasteiger partial charge in [0.1, 0.15) is 0 Å². The predicted molar refractivity (Wildman–Crippen MR) is 41.5 cm³/mol. The van der Waals surface area contributed by atoms with E-state index in [4.69, 9.17) is 11.6 Å². The first-order valence-electron chi connectivity index (χ1n) is 3.46. The van der Waals surface area contributed by atoms with Gasteiger partial charge in [0.15, 0.2) is 0 Å². The molecule has 0 heterocycles. The molecule has 0 radical (unpaired) electrons. The Morgan fingerprint density at radius 3 is 2.45 bits per heavy atom. The van der Waals surface area contributed by atoms with Crippen LogP contribution in [0.3, 0.4) is 0 Å². The van der Waals surface area contributed by atoms with Gasteiger partial charge in [0.2, 0.25) is 0 Å². The average molecular weight is 161 g/mol. The Morgan fingerprint density at radius 2 is 2.18 bits per heavy atom. The van der Waals surface area contributed by atoms with Crippen LogP contribution in [-0.4, -0.2) is 18.7 Å². The Labute approximate surface area is 66.0 Å². The van der Waals surface area contributed by atoms with Crippen LogP contribution >= 0.6 is 0 Å². The fraction of sp³-hybridized carbons (Fsp3) is 0.833. The van der Waals surface area contributed by atoms with Crippen molar-refractivity contribution >= 4 is 6.03 Å². The van der Waals surface area contributed by atoms with Gasteiger partial charge in [0.25, 0.3) is 0 Å². The molecular formula is C6H15N3O2. The molecule has 5 N–H and O–H groups in total. The van der Waals surface area contributed by atoms with Gasteiger partial charge < -0.3 is 11.1 Å². The maximum atomic E-state index is 10.3. The lowest BCUT2D eigenvalue weighted by molar-refractivity contribution is 0.0241. The van der Waals surface area contributed by atoms with Crippen LogP contribution in [0.15, 0.2) is 0 Å². The molecule has 0 aliphatic heterocycles. The highest BCUT2D eigenvalue weighted by atomic mass is 16.6. The van der Waals surface area contributed by atoms with Crippen molar-refractivity contribution in [2.24, 2.45) is 17.5 Å². The molecule has 0 bridgehead atoms. The second kappa shape index (κ2) is 4.92. The van der Waals surface area contributed by atoms with Gasteiger partial charge in [0, 0.05) is 6.54 Å². The summed E-state index contributed by atoms with van der Waals surface area (Å²) >= 11 is 0. The standard InChI is InChI=1S/C6H15N3O2/c1-4(2)5(11-8)3-9-6(7)10/h4-5H,3,8H2,1-2H3,(H3,7,9,10). The van der Waals surface area contributed by atoms with E-state index in [1.54, 1.807) is 0 Å². The highest BCUT2D eigenvalue weighted by Gasteiger charge is 2.12. The lowest BCUT2D eigenvalue weighted by Gasteiger charge is -2.17. The summed E-state index contributed by atoms with van der Waals surface area (Å²) in [6.07, 6.45) is -0.178. The molecule has 0 aliphatic carbocycles. The van der Waals surface area contributed by atoms with E-state index in [-0.39, 0.29) is 12.0 Å². The molecule has 5 nitrogen and oxygen atoms in total. The summed E-state index contributed by atoms with van der Waals surface area (Å²) in [5, 5.41) is 2.41. The smallest absolute Gasteiger partial charge is 0.312 e. The maximum Gasteiger partial charge on any atom is 0.312 e. The molecule has 0 aromatic rings. The molecule has 0 spiro atoms. The summed E-state index contributed by atoms with van der Waals surface area (Å²) in [7, 11) is 0. The van der Waals surface area contributed by atoms with Crippen molar-refractivity contribution in [1.82, 2.24) is 5.32 Å². The molecule has 0 aromatic carbocycles. The Bertz CT molecular complexity index is 127. The minimum Gasteiger partial charge on any atom is -0.352 e. The van der Waals surface area contributed by atoms with Crippen LogP contribution in [-0.2, 0) is 4.84 Å². The van der Waals surface area contributed by atoms with E-state index in [1.807, 2.05) is 13.8 Å². The van der Waals surface area contributed by atoms with Gasteiger partial charge >= 0.3 is 6.03 Å². The molecule has 0 saturated carbocycles. The van der Waals surface area contributed by atoms with Crippen molar-refractivity contribution in [3.05, 3.63) is 0 Å². The predicted octanol–water partition coefficient (Wildman–Crippen LogP) is -0.430. The number of primary amides is 1. The van der Waals surface area contributed by atoms with Gasteiger partial charge in [-0.15, -0.1) is 0 Å². The normalized spacial score (nSPS) is 13.1. The van der Waals surface area contributed by atoms with Gasteiger partial charge in [-0.3, -0.25) is 4.84 Å². The molecule has 66 valence electrons. The van der Waals surface area contributed by atoms with Crippen molar-refractivity contribution < 1.29 is 9.63 Å². The van der Waals surface area contributed by atoms with Gasteiger partial charge in [0.05, 0.1) is 6.10 Å². The van der Waals surface area contributed by atoms with Gasteiger partial charge in [-0.05, 0) is 5.92 Å². The highest BCUT2D eigenvalue weighted by molar-refractivity contribution is 5.71. The number of hydrogen-bond acceptors (Lipinski definition) is 3. The third-order valence-electron chi connectivity index (χ3n) is 1.40. The lowest BCUT2D eigenvalue weighted by atomic mass is 10.1. The zero-order valence-electron chi connectivity index (χ0n) is 6.83. The molecule has 1 atom stereocenters. The van der Waals surface area contributed by atoms with Crippen molar-refractivity contribution in [2.75, 3.05) is 6.54 Å². The molecule has 0 fully saturated rings. The van der Waals surface area contributed by atoms with Crippen LogP contribution in [0.5, 0.6) is 0 Å². The average Bonchev–Trinajstić information content (AvgIpc) is 1.87. The number of rotatable bonds is 4. The van der Waals surface area contributed by atoms with E-state index in [1.165, 1.54) is 0 Å². The molecule has 2 amide bonds. The first-order chi connectivity index (χ1) is 5.07. The number of nitrogens with one attached hydrogen (secondary N) is 1. The Hall–Kier alpha value is -0.810. The molecule has 0 rings (SSSR count). The van der Waals surface area contributed by atoms with Crippen LogP contribution in [0.1, 0.15) is 13.8 Å². The Balaban J connectivity index is 3.61. The first-order valence-corrected chi connectivity index (χ1v) is 3.46. The van der Waals surface area contributed by atoms with Crippen LogP contribution < -0.4 is 16.9 Å². The molecular weight excluding hydrogens is 146 g/mol. The third kappa shape index (κ3) is 4.58. The van der Waals surface area contributed by atoms with Gasteiger partial charge in [-0.2, -0.15) is 0 Å². The second-order valence-corrected chi connectivity index (χ2v) is 2.66. The van der Waals surface area contributed by atoms with Crippen molar-refractivity contribution in [1.29, 1.82) is 0 Å². The summed E-state index contributed by atoms with van der Waals surface area (Å²) < 4.78 is 0. The number of amides is 2. The third-order valence-corrected chi connectivity index (χ3v) is 1.40. The molecule has 5 heteroatoms. The first kappa shape index (κ1) is 10.2. The van der Waals surface area contributed by atoms with Crippen LogP contribution in [0.4, 0.5) is 4.79 Å². The van der Waals surface area contributed by atoms with E-state index in [0.29, 0.717) is 6.54 Å². The SMILES string of the molecule is CC(C)C(CNC(N)=O)ON. The van der Waals surface area contributed by atoms with Gasteiger partial charge in [-0.25, -0.2) is 10.7 Å². The van der Waals surface area contributed by atoms with E-state index in [9.17, 15) is 4.79 Å². The lowest BCUT2D eigenvalue weighted by Crippen LogP contribution is -2.40. The number of carbonyl (C=O) groups is 1. The zero-order chi connectivity index (χ0) is 8.85. The largest absolute Gasteiger partial charge is 0.352 e. The minimum absolute atomic E-state index is 0.178. The molecule has 11 heavy (non-hydrogen) atoms. The van der Waals surface area contributed by atoms with E-state index in [2.05, 4.69) is 10.2 Å². The van der Waals surface area contributed by atoms with Gasteiger partial charge in [-0.1, -0.05) is 13.8 Å². The maximum absolute atomic E-state index is 10.3. The molecule has 0 saturated heterocycles. The van der Waals surface area contributed by atoms with Crippen LogP contribution in [0, 0.1) is 5.92 Å². The number of urea groups is 1. The topological polar surface area (TPSA) is 90.4 Å². The number of hydrogen-bond donors (Lipinski definition) is 3. The Kier molecular flexibility index (Phi) is 4.56. The quantitative estimate of drug-likeness (QED) is 0.488. The Morgan fingerprint density at radius 1 is 1.64 bits per heavy atom. The van der Waals surface area contributed by atoms with E-state index < -0.39 is 6.03 Å². The van der Waals surface area contributed by atoms with Crippen molar-refractivity contribution in [2.45, 2.75) is 20.0 Å². The highest BCUT2D eigenvalue weighted by Crippen LogP contribution is 2.01. The summed E-state index contributed by atoms with van der Waals surface area (Å²) in [4.78, 5) is 14.8. The summed E-state index contributed by atoms with van der Waals surface area (Å²) in [6, 6.07) is -0.562. The second-order valence-electron chi connectivity index (χ2n) is 2.66. The minimum atomic E-state index is -0.562. The van der Waals surface area contributed by atoms with Crippen molar-refractivity contribution in [3.63, 3.8) is 0 Å². The van der Waals surface area contributed by atoms with Crippen LogP contribution in [0.25, 0.3) is 0 Å². The zero-order valence-corrected chi connectivity index (χ0v) is 6.83. The summed E-state index contributed by atoms with van der Waals surface area (Å²) in [5.41, 5.74) is 4.85. The molecule has 0 aromatic heterocycles. The molecule has 0 aliphatic rings. The van der Waals surface area contributed by atoms with E-state index in [0.717, 1.165) is 0 Å². The fourth-order valence-corrected chi connectivity index (χ4v) is 0.642.